The molecular weight excluding hydrogens is 312 g/mol. The predicted octanol–water partition coefficient (Wildman–Crippen LogP) is 3.28. The van der Waals surface area contributed by atoms with Crippen LogP contribution in [0.1, 0.15) is 41.6 Å². The van der Waals surface area contributed by atoms with Gasteiger partial charge in [-0.1, -0.05) is 30.3 Å². The van der Waals surface area contributed by atoms with Gasteiger partial charge in [0.15, 0.2) is 0 Å². The molecule has 0 radical (unpaired) electrons. The van der Waals surface area contributed by atoms with Crippen LogP contribution < -0.4 is 10.2 Å². The number of carbonyl (C=O) groups excluding carboxylic acids is 2. The monoisotopic (exact) mass is 334 g/mol. The minimum Gasteiger partial charge on any atom is -0.351 e. The average molecular weight is 334 g/mol. The molecule has 0 atom stereocenters. The van der Waals surface area contributed by atoms with Crippen LogP contribution in [0.4, 0.5) is 5.69 Å². The SMILES string of the molecule is O=C(NCC1(c2ccccc2)CC1)c1ccc(N2CCCC2=O)cc1. The van der Waals surface area contributed by atoms with Crippen molar-refractivity contribution >= 4 is 17.5 Å². The zero-order valence-electron chi connectivity index (χ0n) is 14.2. The molecule has 25 heavy (non-hydrogen) atoms. The maximum absolute atomic E-state index is 12.5. The smallest absolute Gasteiger partial charge is 0.251 e. The van der Waals surface area contributed by atoms with Gasteiger partial charge < -0.3 is 10.2 Å². The number of hydrogen-bond acceptors (Lipinski definition) is 2. The summed E-state index contributed by atoms with van der Waals surface area (Å²) in [5.74, 6) is 0.109. The molecular formula is C21H22N2O2. The Kier molecular flexibility index (Phi) is 4.04. The van der Waals surface area contributed by atoms with E-state index in [1.807, 2.05) is 18.2 Å². The topological polar surface area (TPSA) is 49.4 Å². The van der Waals surface area contributed by atoms with Crippen molar-refractivity contribution in [3.8, 4) is 0 Å². The number of amides is 2. The van der Waals surface area contributed by atoms with Gasteiger partial charge in [-0.15, -0.1) is 0 Å². The highest BCUT2D eigenvalue weighted by Crippen LogP contribution is 2.47. The second-order valence-electron chi connectivity index (χ2n) is 7.02. The van der Waals surface area contributed by atoms with E-state index in [1.54, 1.807) is 17.0 Å². The molecule has 0 spiro atoms. The summed E-state index contributed by atoms with van der Waals surface area (Å²) >= 11 is 0. The molecule has 4 heteroatoms. The third-order valence-electron chi connectivity index (χ3n) is 5.34. The summed E-state index contributed by atoms with van der Waals surface area (Å²) in [6.07, 6.45) is 3.76. The number of benzene rings is 2. The molecule has 2 fully saturated rings. The number of nitrogens with zero attached hydrogens (tertiary/aromatic N) is 1. The highest BCUT2D eigenvalue weighted by Gasteiger charge is 2.44. The van der Waals surface area contributed by atoms with Gasteiger partial charge in [-0.2, -0.15) is 0 Å². The van der Waals surface area contributed by atoms with E-state index in [1.165, 1.54) is 5.56 Å². The normalized spacial score (nSPS) is 18.2. The molecule has 2 aromatic carbocycles. The van der Waals surface area contributed by atoms with Gasteiger partial charge in [0.05, 0.1) is 0 Å². The molecule has 0 bridgehead atoms. The quantitative estimate of drug-likeness (QED) is 0.912. The fourth-order valence-electron chi connectivity index (χ4n) is 3.58. The lowest BCUT2D eigenvalue weighted by Crippen LogP contribution is -2.32. The summed E-state index contributed by atoms with van der Waals surface area (Å²) in [5.41, 5.74) is 2.93. The summed E-state index contributed by atoms with van der Waals surface area (Å²) in [6.45, 7) is 1.44. The molecule has 1 saturated carbocycles. The van der Waals surface area contributed by atoms with Crippen LogP contribution in [0.3, 0.4) is 0 Å². The highest BCUT2D eigenvalue weighted by atomic mass is 16.2. The lowest BCUT2D eigenvalue weighted by Gasteiger charge is -2.18. The summed E-state index contributed by atoms with van der Waals surface area (Å²) in [7, 11) is 0. The Hall–Kier alpha value is -2.62. The predicted molar refractivity (Wildman–Crippen MR) is 97.7 cm³/mol. The number of anilines is 1. The molecule has 2 aliphatic rings. The molecule has 2 aromatic rings. The summed E-state index contributed by atoms with van der Waals surface area (Å²) in [5, 5.41) is 3.08. The fourth-order valence-corrected chi connectivity index (χ4v) is 3.58. The Morgan fingerprint density at radius 3 is 2.36 bits per heavy atom. The largest absolute Gasteiger partial charge is 0.351 e. The first kappa shape index (κ1) is 15.9. The zero-order chi connectivity index (χ0) is 17.3. The molecule has 4 rings (SSSR count). The molecule has 128 valence electrons. The van der Waals surface area contributed by atoms with Gasteiger partial charge >= 0.3 is 0 Å². The van der Waals surface area contributed by atoms with Crippen molar-refractivity contribution in [1.29, 1.82) is 0 Å². The first-order valence-corrected chi connectivity index (χ1v) is 8.92. The average Bonchev–Trinajstić information content (AvgIpc) is 3.34. The maximum atomic E-state index is 12.5. The van der Waals surface area contributed by atoms with Crippen molar-refractivity contribution in [2.24, 2.45) is 0 Å². The van der Waals surface area contributed by atoms with Crippen molar-refractivity contribution < 1.29 is 9.59 Å². The van der Waals surface area contributed by atoms with E-state index in [2.05, 4.69) is 29.6 Å². The molecule has 4 nitrogen and oxygen atoms in total. The Bertz CT molecular complexity index is 779. The number of hydrogen-bond donors (Lipinski definition) is 1. The third kappa shape index (κ3) is 3.16. The molecule has 2 amide bonds. The number of carbonyl (C=O) groups is 2. The Balaban J connectivity index is 1.39. The second kappa shape index (κ2) is 6.36. The van der Waals surface area contributed by atoms with Crippen LogP contribution in [0.25, 0.3) is 0 Å². The summed E-state index contributed by atoms with van der Waals surface area (Å²) < 4.78 is 0. The maximum Gasteiger partial charge on any atom is 0.251 e. The van der Waals surface area contributed by atoms with Gasteiger partial charge in [0.25, 0.3) is 5.91 Å². The van der Waals surface area contributed by atoms with Gasteiger partial charge in [-0.05, 0) is 49.1 Å². The van der Waals surface area contributed by atoms with Crippen molar-refractivity contribution in [3.63, 3.8) is 0 Å². The van der Waals surface area contributed by atoms with E-state index in [9.17, 15) is 9.59 Å². The summed E-state index contributed by atoms with van der Waals surface area (Å²) in [6, 6.07) is 17.7. The Morgan fingerprint density at radius 1 is 1.04 bits per heavy atom. The van der Waals surface area contributed by atoms with E-state index in [0.29, 0.717) is 18.5 Å². The fraction of sp³-hybridized carbons (Fsp3) is 0.333. The van der Waals surface area contributed by atoms with Gasteiger partial charge in [0.2, 0.25) is 5.91 Å². The lowest BCUT2D eigenvalue weighted by atomic mass is 9.96. The van der Waals surface area contributed by atoms with Crippen LogP contribution in [0.2, 0.25) is 0 Å². The highest BCUT2D eigenvalue weighted by molar-refractivity contribution is 5.97. The lowest BCUT2D eigenvalue weighted by molar-refractivity contribution is -0.117. The zero-order valence-corrected chi connectivity index (χ0v) is 14.2. The van der Waals surface area contributed by atoms with E-state index in [0.717, 1.165) is 31.5 Å². The third-order valence-corrected chi connectivity index (χ3v) is 5.34. The molecule has 1 aliphatic heterocycles. The van der Waals surface area contributed by atoms with Crippen LogP contribution in [0.15, 0.2) is 54.6 Å². The van der Waals surface area contributed by atoms with Crippen LogP contribution in [0, 0.1) is 0 Å². The molecule has 0 aromatic heterocycles. The first-order valence-electron chi connectivity index (χ1n) is 8.92. The minimum atomic E-state index is -0.0542. The van der Waals surface area contributed by atoms with Crippen LogP contribution >= 0.6 is 0 Å². The van der Waals surface area contributed by atoms with Crippen molar-refractivity contribution in [1.82, 2.24) is 5.32 Å². The van der Waals surface area contributed by atoms with E-state index in [4.69, 9.17) is 0 Å². The van der Waals surface area contributed by atoms with Gasteiger partial charge in [0.1, 0.15) is 0 Å². The van der Waals surface area contributed by atoms with Crippen molar-refractivity contribution in [3.05, 3.63) is 65.7 Å². The molecule has 1 saturated heterocycles. The number of nitrogens with one attached hydrogen (secondary N) is 1. The molecule has 1 heterocycles. The van der Waals surface area contributed by atoms with E-state index in [-0.39, 0.29) is 17.2 Å². The molecule has 1 aliphatic carbocycles. The Labute approximate surface area is 147 Å². The minimum absolute atomic E-state index is 0.0542. The molecule has 0 unspecified atom stereocenters. The van der Waals surface area contributed by atoms with Crippen LogP contribution in [-0.2, 0) is 10.2 Å². The van der Waals surface area contributed by atoms with Gasteiger partial charge in [0, 0.05) is 36.2 Å². The van der Waals surface area contributed by atoms with E-state index >= 15 is 0 Å². The van der Waals surface area contributed by atoms with Crippen molar-refractivity contribution in [2.75, 3.05) is 18.0 Å². The first-order chi connectivity index (χ1) is 12.2. The van der Waals surface area contributed by atoms with Gasteiger partial charge in [-0.3, -0.25) is 9.59 Å². The van der Waals surface area contributed by atoms with Crippen LogP contribution in [0.5, 0.6) is 0 Å². The second-order valence-corrected chi connectivity index (χ2v) is 7.02. The van der Waals surface area contributed by atoms with Crippen molar-refractivity contribution in [2.45, 2.75) is 31.1 Å². The number of rotatable bonds is 5. The van der Waals surface area contributed by atoms with E-state index < -0.39 is 0 Å². The van der Waals surface area contributed by atoms with Crippen LogP contribution in [-0.4, -0.2) is 24.9 Å². The Morgan fingerprint density at radius 2 is 1.76 bits per heavy atom. The van der Waals surface area contributed by atoms with Gasteiger partial charge in [-0.25, -0.2) is 0 Å². The molecule has 1 N–H and O–H groups in total. The summed E-state index contributed by atoms with van der Waals surface area (Å²) in [4.78, 5) is 26.0. The standard InChI is InChI=1S/C21H22N2O2/c24-19-7-4-14-23(19)18-10-8-16(9-11-18)20(25)22-15-21(12-13-21)17-5-2-1-3-6-17/h1-3,5-6,8-11H,4,7,12-15H2,(H,22,25).